The molecule has 1 heterocycles. The van der Waals surface area contributed by atoms with E-state index in [9.17, 15) is 10.1 Å². The van der Waals surface area contributed by atoms with Crippen LogP contribution in [0.4, 0.5) is 11.4 Å². The third-order valence-corrected chi connectivity index (χ3v) is 4.48. The summed E-state index contributed by atoms with van der Waals surface area (Å²) in [5.74, 6) is 0.710. The fourth-order valence-electron chi connectivity index (χ4n) is 2.59. The lowest BCUT2D eigenvalue weighted by Crippen LogP contribution is -2.33. The van der Waals surface area contributed by atoms with Gasteiger partial charge in [-0.3, -0.25) is 10.1 Å². The van der Waals surface area contributed by atoms with Crippen LogP contribution in [-0.2, 0) is 0 Å². The SMILES string of the molecule is Cc1nc2cc(NC3CC(C)C3)c([N+](=O)[O-])cc2s1. The van der Waals surface area contributed by atoms with Crippen molar-refractivity contribution >= 4 is 32.9 Å². The molecule has 1 fully saturated rings. The van der Waals surface area contributed by atoms with E-state index in [-0.39, 0.29) is 10.6 Å². The maximum atomic E-state index is 11.2. The second kappa shape index (κ2) is 4.45. The van der Waals surface area contributed by atoms with Crippen LogP contribution in [0.25, 0.3) is 10.2 Å². The van der Waals surface area contributed by atoms with Gasteiger partial charge in [0.15, 0.2) is 0 Å². The van der Waals surface area contributed by atoms with Crippen molar-refractivity contribution in [2.45, 2.75) is 32.7 Å². The first-order valence-corrected chi connectivity index (χ1v) is 7.16. The van der Waals surface area contributed by atoms with Crippen molar-refractivity contribution in [3.05, 3.63) is 27.3 Å². The number of nitrogens with one attached hydrogen (secondary N) is 1. The maximum Gasteiger partial charge on any atom is 0.293 e. The molecule has 5 nitrogen and oxygen atoms in total. The summed E-state index contributed by atoms with van der Waals surface area (Å²) < 4.78 is 0.872. The van der Waals surface area contributed by atoms with Crippen LogP contribution in [0.2, 0.25) is 0 Å². The lowest BCUT2D eigenvalue weighted by atomic mass is 9.82. The number of fused-ring (bicyclic) bond motifs is 1. The predicted octanol–water partition coefficient (Wildman–Crippen LogP) is 3.72. The molecule has 0 radical (unpaired) electrons. The molecule has 0 spiro atoms. The van der Waals surface area contributed by atoms with Gasteiger partial charge in [0.05, 0.1) is 20.1 Å². The fourth-order valence-corrected chi connectivity index (χ4v) is 3.43. The van der Waals surface area contributed by atoms with Crippen LogP contribution < -0.4 is 5.32 Å². The number of nitro benzene ring substituents is 1. The molecule has 3 rings (SSSR count). The van der Waals surface area contributed by atoms with E-state index in [4.69, 9.17) is 0 Å². The van der Waals surface area contributed by atoms with Crippen molar-refractivity contribution in [2.75, 3.05) is 5.32 Å². The minimum atomic E-state index is -0.321. The topological polar surface area (TPSA) is 68.1 Å². The molecular formula is C13H15N3O2S. The lowest BCUT2D eigenvalue weighted by molar-refractivity contribution is -0.383. The van der Waals surface area contributed by atoms with Crippen LogP contribution >= 0.6 is 11.3 Å². The Morgan fingerprint density at radius 2 is 2.21 bits per heavy atom. The van der Waals surface area contributed by atoms with Crippen molar-refractivity contribution in [3.63, 3.8) is 0 Å². The number of nitrogens with zero attached hydrogens (tertiary/aromatic N) is 2. The number of hydrogen-bond acceptors (Lipinski definition) is 5. The molecule has 1 aliphatic carbocycles. The maximum absolute atomic E-state index is 11.2. The Kier molecular flexibility index (Phi) is 2.89. The van der Waals surface area contributed by atoms with Crippen LogP contribution in [0, 0.1) is 23.0 Å². The van der Waals surface area contributed by atoms with Crippen LogP contribution in [0.15, 0.2) is 12.1 Å². The number of aromatic nitrogens is 1. The standard InChI is InChI=1S/C13H15N3O2S/c1-7-3-9(4-7)15-10-5-11-13(19-8(2)14-11)6-12(10)16(17)18/h5-7,9,15H,3-4H2,1-2H3. The highest BCUT2D eigenvalue weighted by Crippen LogP contribution is 2.36. The molecule has 0 bridgehead atoms. The minimum Gasteiger partial charge on any atom is -0.377 e. The van der Waals surface area contributed by atoms with E-state index in [2.05, 4.69) is 17.2 Å². The molecule has 6 heteroatoms. The molecule has 0 unspecified atom stereocenters. The highest BCUT2D eigenvalue weighted by molar-refractivity contribution is 7.18. The van der Waals surface area contributed by atoms with Gasteiger partial charge in [0.1, 0.15) is 5.69 Å². The van der Waals surface area contributed by atoms with Gasteiger partial charge in [0.2, 0.25) is 0 Å². The molecule has 0 atom stereocenters. The molecule has 1 saturated carbocycles. The zero-order valence-electron chi connectivity index (χ0n) is 10.8. The lowest BCUT2D eigenvalue weighted by Gasteiger charge is -2.33. The molecular weight excluding hydrogens is 262 g/mol. The summed E-state index contributed by atoms with van der Waals surface area (Å²) in [6, 6.07) is 3.79. The molecule has 2 aromatic rings. The van der Waals surface area contributed by atoms with Gasteiger partial charge in [-0.05, 0) is 31.7 Å². The van der Waals surface area contributed by atoms with Crippen molar-refractivity contribution in [1.29, 1.82) is 0 Å². The zero-order chi connectivity index (χ0) is 13.6. The number of rotatable bonds is 3. The fraction of sp³-hybridized carbons (Fsp3) is 0.462. The summed E-state index contributed by atoms with van der Waals surface area (Å²) in [6.07, 6.45) is 2.15. The summed E-state index contributed by atoms with van der Waals surface area (Å²) in [4.78, 5) is 15.2. The highest BCUT2D eigenvalue weighted by Gasteiger charge is 2.27. The summed E-state index contributed by atoms with van der Waals surface area (Å²) in [6.45, 7) is 4.11. The first kappa shape index (κ1) is 12.3. The van der Waals surface area contributed by atoms with Crippen molar-refractivity contribution in [3.8, 4) is 0 Å². The molecule has 1 N–H and O–H groups in total. The third-order valence-electron chi connectivity index (χ3n) is 3.54. The molecule has 1 aromatic carbocycles. The van der Waals surface area contributed by atoms with Gasteiger partial charge in [-0.2, -0.15) is 0 Å². The van der Waals surface area contributed by atoms with E-state index in [0.29, 0.717) is 17.6 Å². The van der Waals surface area contributed by atoms with Crippen LogP contribution in [-0.4, -0.2) is 15.9 Å². The predicted molar refractivity (Wildman–Crippen MR) is 76.8 cm³/mol. The quantitative estimate of drug-likeness (QED) is 0.685. The summed E-state index contributed by atoms with van der Waals surface area (Å²) >= 11 is 1.49. The number of thiazole rings is 1. The summed E-state index contributed by atoms with van der Waals surface area (Å²) in [7, 11) is 0. The molecule has 0 amide bonds. The van der Waals surface area contributed by atoms with Crippen molar-refractivity contribution < 1.29 is 4.92 Å². The summed E-state index contributed by atoms with van der Waals surface area (Å²) in [5.41, 5.74) is 1.58. The van der Waals surface area contributed by atoms with Crippen molar-refractivity contribution in [2.24, 2.45) is 5.92 Å². The van der Waals surface area contributed by atoms with E-state index < -0.39 is 0 Å². The van der Waals surface area contributed by atoms with Crippen molar-refractivity contribution in [1.82, 2.24) is 4.98 Å². The summed E-state index contributed by atoms with van der Waals surface area (Å²) in [5, 5.41) is 15.4. The molecule has 100 valence electrons. The van der Waals surface area contributed by atoms with Gasteiger partial charge < -0.3 is 5.32 Å². The van der Waals surface area contributed by atoms with Crippen LogP contribution in [0.5, 0.6) is 0 Å². The van der Waals surface area contributed by atoms with Crippen LogP contribution in [0.1, 0.15) is 24.8 Å². The van der Waals surface area contributed by atoms with Gasteiger partial charge >= 0.3 is 0 Å². The van der Waals surface area contributed by atoms with Gasteiger partial charge in [-0.25, -0.2) is 4.98 Å². The second-order valence-electron chi connectivity index (χ2n) is 5.24. The minimum absolute atomic E-state index is 0.149. The van der Waals surface area contributed by atoms with E-state index in [1.807, 2.05) is 6.92 Å². The first-order chi connectivity index (χ1) is 9.02. The van der Waals surface area contributed by atoms with Gasteiger partial charge in [-0.15, -0.1) is 11.3 Å². The second-order valence-corrected chi connectivity index (χ2v) is 6.48. The first-order valence-electron chi connectivity index (χ1n) is 6.35. The molecule has 1 aliphatic rings. The Morgan fingerprint density at radius 1 is 1.47 bits per heavy atom. The molecule has 0 aliphatic heterocycles. The normalized spacial score (nSPS) is 22.2. The number of aryl methyl sites for hydroxylation is 1. The van der Waals surface area contributed by atoms with Gasteiger partial charge in [0.25, 0.3) is 5.69 Å². The zero-order valence-corrected chi connectivity index (χ0v) is 11.7. The van der Waals surface area contributed by atoms with Gasteiger partial charge in [0, 0.05) is 12.1 Å². The van der Waals surface area contributed by atoms with Crippen LogP contribution in [0.3, 0.4) is 0 Å². The molecule has 0 saturated heterocycles. The smallest absolute Gasteiger partial charge is 0.293 e. The highest BCUT2D eigenvalue weighted by atomic mass is 32.1. The van der Waals surface area contributed by atoms with E-state index in [0.717, 1.165) is 28.1 Å². The molecule has 1 aromatic heterocycles. The Hall–Kier alpha value is -1.69. The average molecular weight is 277 g/mol. The Balaban J connectivity index is 1.99. The van der Waals surface area contributed by atoms with Gasteiger partial charge in [-0.1, -0.05) is 6.92 Å². The Bertz CT molecular complexity index is 647. The number of anilines is 1. The Morgan fingerprint density at radius 3 is 2.84 bits per heavy atom. The van der Waals surface area contributed by atoms with E-state index in [1.165, 1.54) is 11.3 Å². The largest absolute Gasteiger partial charge is 0.377 e. The number of hydrogen-bond donors (Lipinski definition) is 1. The average Bonchev–Trinajstić information content (AvgIpc) is 2.65. The molecule has 19 heavy (non-hydrogen) atoms. The Labute approximate surface area is 114 Å². The van der Waals surface area contributed by atoms with E-state index >= 15 is 0 Å². The number of benzene rings is 1. The van der Waals surface area contributed by atoms with E-state index in [1.54, 1.807) is 12.1 Å². The number of nitro groups is 1. The third kappa shape index (κ3) is 2.28. The monoisotopic (exact) mass is 277 g/mol.